The first-order valence-corrected chi connectivity index (χ1v) is 6.85. The van der Waals surface area contributed by atoms with Crippen molar-refractivity contribution in [3.8, 4) is 0 Å². The zero-order valence-electron chi connectivity index (χ0n) is 12.3. The summed E-state index contributed by atoms with van der Waals surface area (Å²) >= 11 is 0. The van der Waals surface area contributed by atoms with E-state index in [2.05, 4.69) is 10.6 Å². The van der Waals surface area contributed by atoms with Crippen LogP contribution in [0.3, 0.4) is 0 Å². The Labute approximate surface area is 115 Å². The molecular weight excluding hydrogens is 244 g/mol. The van der Waals surface area contributed by atoms with Gasteiger partial charge in [0.15, 0.2) is 0 Å². The van der Waals surface area contributed by atoms with Crippen LogP contribution in [0.4, 0.5) is 4.79 Å². The van der Waals surface area contributed by atoms with Gasteiger partial charge in [0.05, 0.1) is 5.54 Å². The summed E-state index contributed by atoms with van der Waals surface area (Å²) in [6.07, 6.45) is 1.54. The summed E-state index contributed by atoms with van der Waals surface area (Å²) in [7, 11) is 0. The van der Waals surface area contributed by atoms with Crippen LogP contribution >= 0.6 is 0 Å². The van der Waals surface area contributed by atoms with Crippen LogP contribution in [0, 0.1) is 0 Å². The zero-order chi connectivity index (χ0) is 14.6. The molecule has 1 aliphatic rings. The van der Waals surface area contributed by atoms with Crippen molar-refractivity contribution < 1.29 is 9.59 Å². The lowest BCUT2D eigenvalue weighted by Gasteiger charge is -2.35. The predicted molar refractivity (Wildman–Crippen MR) is 74.7 cm³/mol. The molecule has 19 heavy (non-hydrogen) atoms. The van der Waals surface area contributed by atoms with Gasteiger partial charge in [-0.1, -0.05) is 0 Å². The highest BCUT2D eigenvalue weighted by Gasteiger charge is 2.31. The minimum Gasteiger partial charge on any atom is -0.341 e. The summed E-state index contributed by atoms with van der Waals surface area (Å²) in [6, 6.07) is 0.113. The lowest BCUT2D eigenvalue weighted by molar-refractivity contribution is -0.136. The maximum absolute atomic E-state index is 12.0. The molecule has 0 radical (unpaired) electrons. The highest BCUT2D eigenvalue weighted by molar-refractivity contribution is 5.85. The fourth-order valence-electron chi connectivity index (χ4n) is 2.12. The molecule has 110 valence electrons. The third-order valence-electron chi connectivity index (χ3n) is 3.09. The molecule has 4 N–H and O–H groups in total. The van der Waals surface area contributed by atoms with Gasteiger partial charge in [0.2, 0.25) is 5.91 Å². The number of nitrogens with one attached hydrogen (secondary N) is 2. The molecule has 1 aliphatic heterocycles. The molecule has 6 heteroatoms. The molecule has 0 atom stereocenters. The van der Waals surface area contributed by atoms with Gasteiger partial charge in [0, 0.05) is 25.2 Å². The Kier molecular flexibility index (Phi) is 5.17. The Hall–Kier alpha value is -1.30. The van der Waals surface area contributed by atoms with Gasteiger partial charge in [-0.2, -0.15) is 0 Å². The third kappa shape index (κ3) is 5.06. The molecule has 0 aliphatic carbocycles. The summed E-state index contributed by atoms with van der Waals surface area (Å²) < 4.78 is 0. The van der Waals surface area contributed by atoms with Gasteiger partial charge in [-0.05, 0) is 40.5 Å². The Bertz CT molecular complexity index is 328. The van der Waals surface area contributed by atoms with Gasteiger partial charge in [0.1, 0.15) is 0 Å². The van der Waals surface area contributed by atoms with Gasteiger partial charge < -0.3 is 21.3 Å². The van der Waals surface area contributed by atoms with Gasteiger partial charge in [0.25, 0.3) is 0 Å². The van der Waals surface area contributed by atoms with Crippen molar-refractivity contribution in [2.45, 2.75) is 58.2 Å². The van der Waals surface area contributed by atoms with Crippen LogP contribution in [0.15, 0.2) is 0 Å². The molecule has 1 fully saturated rings. The van der Waals surface area contributed by atoms with E-state index < -0.39 is 5.54 Å². The first-order valence-electron chi connectivity index (χ1n) is 6.85. The molecule has 0 spiro atoms. The monoisotopic (exact) mass is 270 g/mol. The van der Waals surface area contributed by atoms with Gasteiger partial charge >= 0.3 is 6.03 Å². The molecule has 0 unspecified atom stereocenters. The lowest BCUT2D eigenvalue weighted by atomic mass is 10.0. The van der Waals surface area contributed by atoms with E-state index in [0.717, 1.165) is 12.8 Å². The van der Waals surface area contributed by atoms with Crippen LogP contribution in [-0.4, -0.2) is 47.6 Å². The quantitative estimate of drug-likeness (QED) is 0.694. The van der Waals surface area contributed by atoms with Gasteiger partial charge in [-0.25, -0.2) is 4.79 Å². The first-order chi connectivity index (χ1) is 8.70. The number of piperidine rings is 1. The highest BCUT2D eigenvalue weighted by Crippen LogP contribution is 2.14. The maximum atomic E-state index is 12.0. The van der Waals surface area contributed by atoms with E-state index in [1.807, 2.05) is 13.8 Å². The van der Waals surface area contributed by atoms with E-state index in [1.54, 1.807) is 18.7 Å². The average molecular weight is 270 g/mol. The zero-order valence-corrected chi connectivity index (χ0v) is 12.3. The van der Waals surface area contributed by atoms with Gasteiger partial charge in [-0.3, -0.25) is 4.79 Å². The summed E-state index contributed by atoms with van der Waals surface area (Å²) in [4.78, 5) is 25.3. The van der Waals surface area contributed by atoms with Crippen molar-refractivity contribution in [2.24, 2.45) is 5.73 Å². The number of nitrogens with two attached hydrogens (primary N) is 1. The molecule has 1 saturated heterocycles. The summed E-state index contributed by atoms with van der Waals surface area (Å²) in [5.41, 5.74) is 4.98. The van der Waals surface area contributed by atoms with E-state index in [4.69, 9.17) is 5.73 Å². The van der Waals surface area contributed by atoms with Gasteiger partial charge in [-0.15, -0.1) is 0 Å². The summed E-state index contributed by atoms with van der Waals surface area (Å²) in [6.45, 7) is 8.57. The van der Waals surface area contributed by atoms with Crippen molar-refractivity contribution in [3.05, 3.63) is 0 Å². The summed E-state index contributed by atoms with van der Waals surface area (Å²) in [5, 5.41) is 5.73. The highest BCUT2D eigenvalue weighted by atomic mass is 16.2. The van der Waals surface area contributed by atoms with Crippen molar-refractivity contribution in [2.75, 3.05) is 13.1 Å². The Morgan fingerprint density at radius 1 is 1.26 bits per heavy atom. The van der Waals surface area contributed by atoms with Crippen molar-refractivity contribution in [3.63, 3.8) is 0 Å². The van der Waals surface area contributed by atoms with E-state index in [-0.39, 0.29) is 24.0 Å². The molecule has 0 saturated carbocycles. The molecular formula is C13H26N4O2. The molecule has 0 aromatic carbocycles. The maximum Gasteiger partial charge on any atom is 0.315 e. The molecule has 6 nitrogen and oxygen atoms in total. The molecule has 0 bridgehead atoms. The predicted octanol–water partition coefficient (Wildman–Crippen LogP) is 0.422. The van der Waals surface area contributed by atoms with Crippen LogP contribution in [0.2, 0.25) is 0 Å². The third-order valence-corrected chi connectivity index (χ3v) is 3.09. The summed E-state index contributed by atoms with van der Waals surface area (Å²) in [5.74, 6) is -0.0300. The number of rotatable bonds is 3. The molecule has 0 aromatic rings. The minimum absolute atomic E-state index is 0.0300. The fraction of sp³-hybridized carbons (Fsp3) is 0.846. The van der Waals surface area contributed by atoms with E-state index in [0.29, 0.717) is 13.1 Å². The van der Waals surface area contributed by atoms with Crippen LogP contribution in [0.1, 0.15) is 40.5 Å². The fourth-order valence-corrected chi connectivity index (χ4v) is 2.12. The second-order valence-corrected chi connectivity index (χ2v) is 6.06. The van der Waals surface area contributed by atoms with Crippen LogP contribution in [-0.2, 0) is 4.79 Å². The van der Waals surface area contributed by atoms with E-state index >= 15 is 0 Å². The van der Waals surface area contributed by atoms with Crippen LogP contribution in [0.5, 0.6) is 0 Å². The SMILES string of the molecule is CC(C)NC(=O)NC1CCN(C(=O)C(C)(C)N)CC1. The smallest absolute Gasteiger partial charge is 0.315 e. The number of amides is 3. The Morgan fingerprint density at radius 3 is 2.21 bits per heavy atom. The molecule has 1 rings (SSSR count). The first kappa shape index (κ1) is 15.8. The number of hydrogen-bond donors (Lipinski definition) is 3. The Balaban J connectivity index is 2.37. The minimum atomic E-state index is -0.824. The number of urea groups is 1. The molecule has 3 amide bonds. The number of hydrogen-bond acceptors (Lipinski definition) is 3. The van der Waals surface area contributed by atoms with E-state index in [9.17, 15) is 9.59 Å². The average Bonchev–Trinajstić information content (AvgIpc) is 2.26. The standard InChI is InChI=1S/C13H26N4O2/c1-9(2)15-12(19)16-10-5-7-17(8-6-10)11(18)13(3,4)14/h9-10H,5-8,14H2,1-4H3,(H2,15,16,19). The molecule has 1 heterocycles. The second kappa shape index (κ2) is 6.23. The lowest BCUT2D eigenvalue weighted by Crippen LogP contribution is -2.56. The number of carbonyl (C=O) groups excluding carboxylic acids is 2. The largest absolute Gasteiger partial charge is 0.341 e. The van der Waals surface area contributed by atoms with Crippen LogP contribution < -0.4 is 16.4 Å². The Morgan fingerprint density at radius 2 is 1.79 bits per heavy atom. The molecule has 0 aromatic heterocycles. The number of nitrogens with zero attached hydrogens (tertiary/aromatic N) is 1. The van der Waals surface area contributed by atoms with Crippen molar-refractivity contribution >= 4 is 11.9 Å². The second-order valence-electron chi connectivity index (χ2n) is 6.06. The normalized spacial score (nSPS) is 17.5. The van der Waals surface area contributed by atoms with Crippen molar-refractivity contribution in [1.29, 1.82) is 0 Å². The van der Waals surface area contributed by atoms with E-state index in [1.165, 1.54) is 0 Å². The number of likely N-dealkylation sites (tertiary alicyclic amines) is 1. The van der Waals surface area contributed by atoms with Crippen molar-refractivity contribution in [1.82, 2.24) is 15.5 Å². The number of carbonyl (C=O) groups is 2. The van der Waals surface area contributed by atoms with Crippen LogP contribution in [0.25, 0.3) is 0 Å². The topological polar surface area (TPSA) is 87.5 Å².